The van der Waals surface area contributed by atoms with Crippen molar-refractivity contribution in [2.45, 2.75) is 36.6 Å². The number of benzene rings is 1. The highest BCUT2D eigenvalue weighted by Crippen LogP contribution is 2.38. The number of carbonyl (C=O) groups excluding carboxylic acids is 1. The second-order valence-electron chi connectivity index (χ2n) is 5.01. The molecule has 1 aromatic carbocycles. The van der Waals surface area contributed by atoms with Crippen molar-refractivity contribution >= 4 is 23.4 Å². The molecule has 1 N–H and O–H groups in total. The Kier molecular flexibility index (Phi) is 5.41. The Bertz CT molecular complexity index is 668. The smallest absolute Gasteiger partial charge is 0.418 e. The Hall–Kier alpha value is -1.89. The minimum atomic E-state index is -4.55. The molecule has 7 heteroatoms. The number of hydrogen-bond acceptors (Lipinski definition) is 3. The molecule has 1 heterocycles. The van der Waals surface area contributed by atoms with Crippen LogP contribution in [0.1, 0.15) is 36.2 Å². The van der Waals surface area contributed by atoms with Crippen LogP contribution >= 0.6 is 11.8 Å². The lowest BCUT2D eigenvalue weighted by Crippen LogP contribution is -2.16. The number of anilines is 1. The van der Waals surface area contributed by atoms with Crippen molar-refractivity contribution in [1.29, 1.82) is 0 Å². The molecule has 2 aromatic rings. The molecule has 124 valence electrons. The van der Waals surface area contributed by atoms with Crippen molar-refractivity contribution in [2.75, 3.05) is 5.32 Å². The van der Waals surface area contributed by atoms with E-state index in [9.17, 15) is 18.0 Å². The number of carbonyl (C=O) groups is 1. The number of rotatable bonds is 5. The minimum absolute atomic E-state index is 0.163. The van der Waals surface area contributed by atoms with Crippen LogP contribution in [-0.4, -0.2) is 11.2 Å². The number of amides is 1. The zero-order valence-electron chi connectivity index (χ0n) is 12.6. The van der Waals surface area contributed by atoms with Crippen LogP contribution in [0.15, 0.2) is 46.1 Å². The van der Waals surface area contributed by atoms with Gasteiger partial charge in [0.15, 0.2) is 0 Å². The molecule has 0 radical (unpaired) electrons. The second-order valence-corrected chi connectivity index (χ2v) is 6.52. The van der Waals surface area contributed by atoms with Gasteiger partial charge >= 0.3 is 6.18 Å². The number of alkyl halides is 3. The molecule has 0 spiro atoms. The molecule has 1 atom stereocenters. The van der Waals surface area contributed by atoms with Gasteiger partial charge < -0.3 is 9.73 Å². The van der Waals surface area contributed by atoms with E-state index < -0.39 is 17.6 Å². The summed E-state index contributed by atoms with van der Waals surface area (Å²) in [4.78, 5) is 12.4. The summed E-state index contributed by atoms with van der Waals surface area (Å²) in [7, 11) is 0. The Morgan fingerprint density at radius 2 is 2.09 bits per heavy atom. The summed E-state index contributed by atoms with van der Waals surface area (Å²) in [6.45, 7) is 3.92. The van der Waals surface area contributed by atoms with Crippen molar-refractivity contribution in [3.05, 3.63) is 47.9 Å². The van der Waals surface area contributed by atoms with Gasteiger partial charge in [0.25, 0.3) is 5.91 Å². The fourth-order valence-electron chi connectivity index (χ4n) is 1.84. The predicted octanol–water partition coefficient (Wildman–Crippen LogP) is 5.44. The van der Waals surface area contributed by atoms with Gasteiger partial charge in [0.1, 0.15) is 6.26 Å². The highest BCUT2D eigenvalue weighted by molar-refractivity contribution is 7.99. The first kappa shape index (κ1) is 17.5. The largest absolute Gasteiger partial charge is 0.472 e. The van der Waals surface area contributed by atoms with Crippen molar-refractivity contribution in [3.8, 4) is 0 Å². The molecule has 23 heavy (non-hydrogen) atoms. The first-order chi connectivity index (χ1) is 10.8. The maximum absolute atomic E-state index is 13.3. The number of halogens is 3. The summed E-state index contributed by atoms with van der Waals surface area (Å²) in [5.41, 5.74) is -0.962. The molecule has 2 rings (SSSR count). The van der Waals surface area contributed by atoms with Crippen LogP contribution < -0.4 is 5.32 Å². The summed E-state index contributed by atoms with van der Waals surface area (Å²) in [6, 6.07) is 5.32. The molecule has 0 unspecified atom stereocenters. The van der Waals surface area contributed by atoms with Gasteiger partial charge in [0, 0.05) is 10.1 Å². The van der Waals surface area contributed by atoms with E-state index in [0.29, 0.717) is 4.90 Å². The van der Waals surface area contributed by atoms with Crippen LogP contribution in [0.5, 0.6) is 0 Å². The van der Waals surface area contributed by atoms with Gasteiger partial charge in [0.2, 0.25) is 0 Å². The predicted molar refractivity (Wildman–Crippen MR) is 83.7 cm³/mol. The van der Waals surface area contributed by atoms with E-state index in [-0.39, 0.29) is 16.5 Å². The number of furan rings is 1. The van der Waals surface area contributed by atoms with Crippen LogP contribution in [-0.2, 0) is 6.18 Å². The van der Waals surface area contributed by atoms with Gasteiger partial charge in [0.05, 0.1) is 23.1 Å². The van der Waals surface area contributed by atoms with E-state index in [2.05, 4.69) is 5.32 Å². The zero-order chi connectivity index (χ0) is 17.0. The third kappa shape index (κ3) is 4.54. The minimum Gasteiger partial charge on any atom is -0.472 e. The van der Waals surface area contributed by atoms with E-state index in [1.165, 1.54) is 36.4 Å². The SMILES string of the molecule is CC[C@@H](C)Sc1ccc(NC(=O)c2ccoc2)c(C(F)(F)F)c1. The normalized spacial score (nSPS) is 12.9. The lowest BCUT2D eigenvalue weighted by Gasteiger charge is -2.16. The molecule has 0 saturated heterocycles. The van der Waals surface area contributed by atoms with Crippen LogP contribution in [0.4, 0.5) is 18.9 Å². The quantitative estimate of drug-likeness (QED) is 0.735. The third-order valence-corrected chi connectivity index (χ3v) is 4.50. The Labute approximate surface area is 136 Å². The van der Waals surface area contributed by atoms with Crippen LogP contribution in [0.25, 0.3) is 0 Å². The average Bonchev–Trinajstić information content (AvgIpc) is 3.02. The van der Waals surface area contributed by atoms with E-state index in [4.69, 9.17) is 4.42 Å². The Morgan fingerprint density at radius 1 is 1.35 bits per heavy atom. The topological polar surface area (TPSA) is 42.2 Å². The van der Waals surface area contributed by atoms with Crippen LogP contribution in [0.3, 0.4) is 0 Å². The van der Waals surface area contributed by atoms with Crippen molar-refractivity contribution < 1.29 is 22.4 Å². The fourth-order valence-corrected chi connectivity index (χ4v) is 2.81. The molecule has 3 nitrogen and oxygen atoms in total. The highest BCUT2D eigenvalue weighted by atomic mass is 32.2. The standard InChI is InChI=1S/C16H16F3NO2S/c1-3-10(2)23-12-4-5-14(13(8-12)16(17,18)19)20-15(21)11-6-7-22-9-11/h4-10H,3H2,1-2H3,(H,20,21)/t10-/m1/s1. The van der Waals surface area contributed by atoms with Crippen molar-refractivity contribution in [3.63, 3.8) is 0 Å². The summed E-state index contributed by atoms with van der Waals surface area (Å²) in [5.74, 6) is -0.647. The molecule has 0 bridgehead atoms. The zero-order valence-corrected chi connectivity index (χ0v) is 13.4. The van der Waals surface area contributed by atoms with Crippen molar-refractivity contribution in [2.24, 2.45) is 0 Å². The van der Waals surface area contributed by atoms with Gasteiger partial charge in [-0.05, 0) is 30.7 Å². The maximum Gasteiger partial charge on any atom is 0.418 e. The second kappa shape index (κ2) is 7.12. The maximum atomic E-state index is 13.3. The Morgan fingerprint density at radius 3 is 2.65 bits per heavy atom. The molecule has 1 aromatic heterocycles. The summed E-state index contributed by atoms with van der Waals surface area (Å²) in [6.07, 6.45) is -1.24. The fraction of sp³-hybridized carbons (Fsp3) is 0.312. The number of nitrogens with one attached hydrogen (secondary N) is 1. The van der Waals surface area contributed by atoms with Gasteiger partial charge in [-0.15, -0.1) is 11.8 Å². The third-order valence-electron chi connectivity index (χ3n) is 3.24. The van der Waals surface area contributed by atoms with E-state index >= 15 is 0 Å². The summed E-state index contributed by atoms with van der Waals surface area (Å²) >= 11 is 1.37. The van der Waals surface area contributed by atoms with E-state index in [1.807, 2.05) is 13.8 Å². The number of hydrogen-bond donors (Lipinski definition) is 1. The number of thioether (sulfide) groups is 1. The molecule has 0 fully saturated rings. The lowest BCUT2D eigenvalue weighted by atomic mass is 10.1. The summed E-state index contributed by atoms with van der Waals surface area (Å²) in [5, 5.41) is 2.50. The van der Waals surface area contributed by atoms with Gasteiger partial charge in [-0.1, -0.05) is 13.8 Å². The molecule has 0 aliphatic heterocycles. The summed E-state index contributed by atoms with van der Waals surface area (Å²) < 4.78 is 44.5. The molecule has 1 amide bonds. The van der Waals surface area contributed by atoms with Crippen LogP contribution in [0.2, 0.25) is 0 Å². The molecular weight excluding hydrogens is 327 g/mol. The monoisotopic (exact) mass is 343 g/mol. The first-order valence-electron chi connectivity index (χ1n) is 7.02. The van der Waals surface area contributed by atoms with E-state index in [1.54, 1.807) is 6.07 Å². The highest BCUT2D eigenvalue weighted by Gasteiger charge is 2.34. The molecule has 0 aliphatic rings. The van der Waals surface area contributed by atoms with Gasteiger partial charge in [-0.3, -0.25) is 4.79 Å². The van der Waals surface area contributed by atoms with E-state index in [0.717, 1.165) is 12.5 Å². The van der Waals surface area contributed by atoms with Gasteiger partial charge in [-0.2, -0.15) is 13.2 Å². The van der Waals surface area contributed by atoms with Crippen LogP contribution in [0, 0.1) is 0 Å². The molecule has 0 saturated carbocycles. The average molecular weight is 343 g/mol. The Balaban J connectivity index is 2.29. The first-order valence-corrected chi connectivity index (χ1v) is 7.90. The lowest BCUT2D eigenvalue weighted by molar-refractivity contribution is -0.137. The van der Waals surface area contributed by atoms with Gasteiger partial charge in [-0.25, -0.2) is 0 Å². The molecule has 0 aliphatic carbocycles. The van der Waals surface area contributed by atoms with Crippen molar-refractivity contribution in [1.82, 2.24) is 0 Å². The molecular formula is C16H16F3NO2S.